The van der Waals surface area contributed by atoms with E-state index >= 15 is 0 Å². The molecule has 0 saturated heterocycles. The normalized spacial score (nSPS) is 17.2. The minimum atomic E-state index is -0.283. The SMILES string of the molecule is O=C(CN(C(=O)C1CCC1)C1CCCCC1)N(Cc1ccc(F)cc1)Cc1cccs1. The zero-order valence-corrected chi connectivity index (χ0v) is 18.8. The van der Waals surface area contributed by atoms with Crippen LogP contribution < -0.4 is 0 Å². The minimum absolute atomic E-state index is 0.0315. The van der Waals surface area contributed by atoms with Crippen LogP contribution in [0.2, 0.25) is 0 Å². The van der Waals surface area contributed by atoms with Crippen LogP contribution in [0, 0.1) is 11.7 Å². The Hall–Kier alpha value is -2.21. The third-order valence-electron chi connectivity index (χ3n) is 6.62. The number of hydrogen-bond acceptors (Lipinski definition) is 3. The maximum atomic E-state index is 13.5. The van der Waals surface area contributed by atoms with Crippen LogP contribution in [-0.2, 0) is 22.7 Å². The monoisotopic (exact) mass is 442 g/mol. The number of amides is 2. The standard InChI is InChI=1S/C25H31FN2O2S/c26-21-13-11-19(12-14-21)16-27(17-23-10-5-15-31-23)24(29)18-28(22-8-2-1-3-9-22)25(30)20-6-4-7-20/h5,10-15,20,22H,1-4,6-9,16-18H2. The summed E-state index contributed by atoms with van der Waals surface area (Å²) in [5, 5.41) is 2.00. The summed E-state index contributed by atoms with van der Waals surface area (Å²) in [5.41, 5.74) is 0.890. The molecule has 0 N–H and O–H groups in total. The number of benzene rings is 1. The van der Waals surface area contributed by atoms with Gasteiger partial charge in [0.15, 0.2) is 0 Å². The summed E-state index contributed by atoms with van der Waals surface area (Å²) in [5.74, 6) is -0.0487. The van der Waals surface area contributed by atoms with Crippen molar-refractivity contribution in [2.45, 2.75) is 70.5 Å². The first-order valence-corrected chi connectivity index (χ1v) is 12.3. The summed E-state index contributed by atoms with van der Waals surface area (Å²) >= 11 is 1.62. The second-order valence-electron chi connectivity index (χ2n) is 8.84. The van der Waals surface area contributed by atoms with Crippen molar-refractivity contribution in [3.63, 3.8) is 0 Å². The topological polar surface area (TPSA) is 40.6 Å². The molecule has 4 nitrogen and oxygen atoms in total. The van der Waals surface area contributed by atoms with Crippen molar-refractivity contribution in [1.82, 2.24) is 9.80 Å². The van der Waals surface area contributed by atoms with E-state index in [1.165, 1.54) is 18.6 Å². The molecule has 2 aliphatic rings. The van der Waals surface area contributed by atoms with Crippen LogP contribution in [-0.4, -0.2) is 34.2 Å². The van der Waals surface area contributed by atoms with Gasteiger partial charge in [-0.05, 0) is 54.8 Å². The molecule has 2 amide bonds. The highest BCUT2D eigenvalue weighted by atomic mass is 32.1. The Balaban J connectivity index is 1.51. The maximum absolute atomic E-state index is 13.5. The molecule has 6 heteroatoms. The van der Waals surface area contributed by atoms with E-state index in [9.17, 15) is 14.0 Å². The molecule has 0 atom stereocenters. The molecule has 166 valence electrons. The van der Waals surface area contributed by atoms with E-state index in [4.69, 9.17) is 0 Å². The lowest BCUT2D eigenvalue weighted by molar-refractivity contribution is -0.148. The van der Waals surface area contributed by atoms with E-state index < -0.39 is 0 Å². The zero-order valence-electron chi connectivity index (χ0n) is 18.0. The molecule has 2 saturated carbocycles. The van der Waals surface area contributed by atoms with Crippen LogP contribution in [0.1, 0.15) is 61.8 Å². The van der Waals surface area contributed by atoms with Crippen molar-refractivity contribution in [1.29, 1.82) is 0 Å². The quantitative estimate of drug-likeness (QED) is 0.551. The van der Waals surface area contributed by atoms with Gasteiger partial charge in [0.25, 0.3) is 0 Å². The molecule has 1 aromatic heterocycles. The van der Waals surface area contributed by atoms with Crippen LogP contribution >= 0.6 is 11.3 Å². The first-order valence-electron chi connectivity index (χ1n) is 11.5. The van der Waals surface area contributed by atoms with Crippen molar-refractivity contribution in [2.75, 3.05) is 6.54 Å². The van der Waals surface area contributed by atoms with Gasteiger partial charge in [0, 0.05) is 23.4 Å². The number of carbonyl (C=O) groups excluding carboxylic acids is 2. The van der Waals surface area contributed by atoms with E-state index in [1.54, 1.807) is 23.5 Å². The predicted molar refractivity (Wildman–Crippen MR) is 121 cm³/mol. The van der Waals surface area contributed by atoms with Crippen LogP contribution in [0.15, 0.2) is 41.8 Å². The molecular formula is C25H31FN2O2S. The summed E-state index contributed by atoms with van der Waals surface area (Å²) in [6.07, 6.45) is 8.46. The van der Waals surface area contributed by atoms with Gasteiger partial charge in [0.05, 0.1) is 6.54 Å². The van der Waals surface area contributed by atoms with Gasteiger partial charge in [-0.25, -0.2) is 4.39 Å². The number of hydrogen-bond donors (Lipinski definition) is 0. The number of thiophene rings is 1. The number of rotatable bonds is 8. The lowest BCUT2D eigenvalue weighted by atomic mass is 9.83. The fourth-order valence-electron chi connectivity index (χ4n) is 4.55. The van der Waals surface area contributed by atoms with Gasteiger partial charge in [-0.15, -0.1) is 11.3 Å². The van der Waals surface area contributed by atoms with E-state index in [-0.39, 0.29) is 36.1 Å². The number of halogens is 1. The van der Waals surface area contributed by atoms with Crippen molar-refractivity contribution < 1.29 is 14.0 Å². The van der Waals surface area contributed by atoms with Gasteiger partial charge in [0.2, 0.25) is 11.8 Å². The van der Waals surface area contributed by atoms with E-state index in [1.807, 2.05) is 27.3 Å². The average Bonchev–Trinajstić information content (AvgIpc) is 3.25. The molecule has 0 radical (unpaired) electrons. The maximum Gasteiger partial charge on any atom is 0.242 e. The van der Waals surface area contributed by atoms with Crippen LogP contribution in [0.4, 0.5) is 4.39 Å². The molecule has 0 aliphatic heterocycles. The number of nitrogens with zero attached hydrogens (tertiary/aromatic N) is 2. The highest BCUT2D eigenvalue weighted by Gasteiger charge is 2.35. The van der Waals surface area contributed by atoms with Crippen LogP contribution in [0.3, 0.4) is 0 Å². The minimum Gasteiger partial charge on any atom is -0.332 e. The molecular weight excluding hydrogens is 411 g/mol. The summed E-state index contributed by atoms with van der Waals surface area (Å²) in [4.78, 5) is 31.5. The summed E-state index contributed by atoms with van der Waals surface area (Å²) in [6, 6.07) is 10.5. The Labute approximate surface area is 188 Å². The molecule has 2 aliphatic carbocycles. The molecule has 4 rings (SSSR count). The van der Waals surface area contributed by atoms with Crippen molar-refractivity contribution >= 4 is 23.2 Å². The molecule has 2 aromatic rings. The number of carbonyl (C=O) groups is 2. The van der Waals surface area contributed by atoms with Gasteiger partial charge >= 0.3 is 0 Å². The fourth-order valence-corrected chi connectivity index (χ4v) is 5.27. The van der Waals surface area contributed by atoms with Crippen molar-refractivity contribution in [3.8, 4) is 0 Å². The smallest absolute Gasteiger partial charge is 0.242 e. The molecule has 0 bridgehead atoms. The van der Waals surface area contributed by atoms with Crippen LogP contribution in [0.25, 0.3) is 0 Å². The predicted octanol–water partition coefficient (Wildman–Crippen LogP) is 5.38. The Morgan fingerprint density at radius 1 is 0.935 bits per heavy atom. The Morgan fingerprint density at radius 3 is 2.29 bits per heavy atom. The second kappa shape index (κ2) is 10.4. The van der Waals surface area contributed by atoms with Gasteiger partial charge < -0.3 is 9.80 Å². The van der Waals surface area contributed by atoms with Crippen molar-refractivity contribution in [3.05, 3.63) is 58.0 Å². The van der Waals surface area contributed by atoms with E-state index in [2.05, 4.69) is 0 Å². The zero-order chi connectivity index (χ0) is 21.6. The summed E-state index contributed by atoms with van der Waals surface area (Å²) < 4.78 is 13.3. The second-order valence-corrected chi connectivity index (χ2v) is 9.87. The Morgan fingerprint density at radius 2 is 1.68 bits per heavy atom. The highest BCUT2D eigenvalue weighted by Crippen LogP contribution is 2.31. The largest absolute Gasteiger partial charge is 0.332 e. The summed E-state index contributed by atoms with van der Waals surface area (Å²) in [6.45, 7) is 1.06. The molecule has 1 aromatic carbocycles. The Kier molecular flexibility index (Phi) is 7.38. The average molecular weight is 443 g/mol. The van der Waals surface area contributed by atoms with Crippen LogP contribution in [0.5, 0.6) is 0 Å². The van der Waals surface area contributed by atoms with Crippen molar-refractivity contribution in [2.24, 2.45) is 5.92 Å². The molecule has 31 heavy (non-hydrogen) atoms. The summed E-state index contributed by atoms with van der Waals surface area (Å²) in [7, 11) is 0. The first-order chi connectivity index (χ1) is 15.1. The molecule has 0 spiro atoms. The van der Waals surface area contributed by atoms with E-state index in [0.29, 0.717) is 13.1 Å². The lowest BCUT2D eigenvalue weighted by Gasteiger charge is -2.39. The molecule has 1 heterocycles. The molecule has 0 unspecified atom stereocenters. The molecule has 2 fully saturated rings. The van der Waals surface area contributed by atoms with E-state index in [0.717, 1.165) is 55.4 Å². The van der Waals surface area contributed by atoms with Gasteiger partial charge in [-0.1, -0.05) is 43.9 Å². The van der Waals surface area contributed by atoms with Gasteiger partial charge in [-0.3, -0.25) is 9.59 Å². The third kappa shape index (κ3) is 5.73. The lowest BCUT2D eigenvalue weighted by Crippen LogP contribution is -2.50. The third-order valence-corrected chi connectivity index (χ3v) is 7.49. The Bertz CT molecular complexity index is 858. The van der Waals surface area contributed by atoms with Gasteiger partial charge in [-0.2, -0.15) is 0 Å². The first kappa shape index (κ1) is 22.0. The fraction of sp³-hybridized carbons (Fsp3) is 0.520. The highest BCUT2D eigenvalue weighted by molar-refractivity contribution is 7.09. The van der Waals surface area contributed by atoms with Gasteiger partial charge in [0.1, 0.15) is 12.4 Å².